The Morgan fingerprint density at radius 1 is 1.36 bits per heavy atom. The van der Waals surface area contributed by atoms with E-state index in [1.54, 1.807) is 15.9 Å². The van der Waals surface area contributed by atoms with E-state index in [-0.39, 0.29) is 18.4 Å². The van der Waals surface area contributed by atoms with E-state index < -0.39 is 5.41 Å². The molecule has 1 aromatic heterocycles. The normalized spacial score (nSPS) is 20.3. The number of nitriles is 1. The molecule has 4 rings (SSSR count). The summed E-state index contributed by atoms with van der Waals surface area (Å²) in [6.07, 6.45) is 2.04. The average Bonchev–Trinajstić information content (AvgIpc) is 3.35. The minimum atomic E-state index is -0.400. The summed E-state index contributed by atoms with van der Waals surface area (Å²) in [7, 11) is 0. The van der Waals surface area contributed by atoms with E-state index in [2.05, 4.69) is 10.3 Å². The van der Waals surface area contributed by atoms with Gasteiger partial charge in [0.2, 0.25) is 5.91 Å². The molecule has 0 aliphatic carbocycles. The predicted octanol–water partition coefficient (Wildman–Crippen LogP) is 3.89. The standard InChI is InChI=1S/C18H15Cl2N5O2S/c19-11-1-2-13-12(7-11)18(4-6-24(9-18)15(26)3-5-21)10-25(13)17(27)23-16-22-8-14(20)28-16/h1-2,7-8H,3-4,6,9-10H2,(H,22,23,27). The summed E-state index contributed by atoms with van der Waals surface area (Å²) in [5.41, 5.74) is 1.31. The molecule has 2 aliphatic heterocycles. The number of likely N-dealkylation sites (tertiary alicyclic amines) is 1. The second-order valence-electron chi connectivity index (χ2n) is 6.83. The summed E-state index contributed by atoms with van der Waals surface area (Å²) in [6, 6.07) is 7.02. The number of benzene rings is 1. The molecule has 1 fully saturated rings. The van der Waals surface area contributed by atoms with E-state index in [4.69, 9.17) is 28.5 Å². The Balaban J connectivity index is 1.63. The van der Waals surface area contributed by atoms with Crippen LogP contribution in [0.1, 0.15) is 18.4 Å². The van der Waals surface area contributed by atoms with Gasteiger partial charge in [-0.15, -0.1) is 0 Å². The quantitative estimate of drug-likeness (QED) is 0.774. The molecule has 1 aromatic carbocycles. The topological polar surface area (TPSA) is 89.3 Å². The van der Waals surface area contributed by atoms with E-state index in [0.717, 1.165) is 11.3 Å². The predicted molar refractivity (Wildman–Crippen MR) is 108 cm³/mol. The average molecular weight is 436 g/mol. The zero-order chi connectivity index (χ0) is 19.9. The van der Waals surface area contributed by atoms with Crippen LogP contribution in [0.15, 0.2) is 24.4 Å². The number of hydrogen-bond donors (Lipinski definition) is 1. The van der Waals surface area contributed by atoms with Crippen LogP contribution in [-0.4, -0.2) is 41.5 Å². The summed E-state index contributed by atoms with van der Waals surface area (Å²) < 4.78 is 0.489. The Hall–Kier alpha value is -2.34. The van der Waals surface area contributed by atoms with Crippen molar-refractivity contribution in [1.82, 2.24) is 9.88 Å². The number of urea groups is 1. The van der Waals surface area contributed by atoms with E-state index in [9.17, 15) is 9.59 Å². The first kappa shape index (κ1) is 19.0. The third-order valence-electron chi connectivity index (χ3n) is 5.15. The lowest BCUT2D eigenvalue weighted by molar-refractivity contribution is -0.129. The SMILES string of the molecule is N#CCC(=O)N1CCC2(C1)CN(C(=O)Nc1ncc(Cl)s1)c1ccc(Cl)cc12. The van der Waals surface area contributed by atoms with Crippen molar-refractivity contribution in [2.24, 2.45) is 0 Å². The van der Waals surface area contributed by atoms with Gasteiger partial charge in [0.05, 0.1) is 12.3 Å². The number of hydrogen-bond acceptors (Lipinski definition) is 5. The van der Waals surface area contributed by atoms with Crippen molar-refractivity contribution in [3.8, 4) is 6.07 Å². The van der Waals surface area contributed by atoms with Crippen LogP contribution < -0.4 is 10.2 Å². The fourth-order valence-corrected chi connectivity index (χ4v) is 4.88. The maximum atomic E-state index is 12.9. The van der Waals surface area contributed by atoms with Gasteiger partial charge in [-0.2, -0.15) is 5.26 Å². The lowest BCUT2D eigenvalue weighted by Gasteiger charge is -2.25. The van der Waals surface area contributed by atoms with Crippen LogP contribution in [0.5, 0.6) is 0 Å². The first-order valence-electron chi connectivity index (χ1n) is 8.56. The second kappa shape index (κ2) is 7.24. The van der Waals surface area contributed by atoms with Gasteiger partial charge in [-0.05, 0) is 30.2 Å². The molecule has 0 radical (unpaired) electrons. The third-order valence-corrected chi connectivity index (χ3v) is 6.42. The summed E-state index contributed by atoms with van der Waals surface area (Å²) in [4.78, 5) is 32.5. The number of nitrogens with zero attached hydrogens (tertiary/aromatic N) is 4. The highest BCUT2D eigenvalue weighted by Gasteiger charge is 2.49. The van der Waals surface area contributed by atoms with Crippen LogP contribution in [0, 0.1) is 11.3 Å². The molecular formula is C18H15Cl2N5O2S. The molecule has 2 aliphatic rings. The third kappa shape index (κ3) is 3.30. The molecule has 7 nitrogen and oxygen atoms in total. The molecule has 1 atom stereocenters. The number of fused-ring (bicyclic) bond motifs is 2. The van der Waals surface area contributed by atoms with Gasteiger partial charge in [0.1, 0.15) is 10.8 Å². The van der Waals surface area contributed by atoms with Gasteiger partial charge in [-0.3, -0.25) is 15.0 Å². The molecule has 2 aromatic rings. The molecule has 3 heterocycles. The van der Waals surface area contributed by atoms with Crippen molar-refractivity contribution in [1.29, 1.82) is 5.26 Å². The second-order valence-corrected chi connectivity index (χ2v) is 8.93. The highest BCUT2D eigenvalue weighted by atomic mass is 35.5. The Bertz CT molecular complexity index is 1000. The van der Waals surface area contributed by atoms with E-state index >= 15 is 0 Å². The van der Waals surface area contributed by atoms with Crippen LogP contribution in [0.25, 0.3) is 0 Å². The van der Waals surface area contributed by atoms with Gasteiger partial charge in [-0.1, -0.05) is 34.5 Å². The summed E-state index contributed by atoms with van der Waals surface area (Å²) in [5.74, 6) is -0.191. The van der Waals surface area contributed by atoms with Crippen LogP contribution in [0.3, 0.4) is 0 Å². The number of halogens is 2. The molecule has 144 valence electrons. The highest BCUT2D eigenvalue weighted by Crippen LogP contribution is 2.47. The number of carbonyl (C=O) groups is 2. The highest BCUT2D eigenvalue weighted by molar-refractivity contribution is 7.19. The van der Waals surface area contributed by atoms with Crippen molar-refractivity contribution >= 4 is 57.3 Å². The van der Waals surface area contributed by atoms with Gasteiger partial charge < -0.3 is 4.90 Å². The molecule has 1 unspecified atom stereocenters. The van der Waals surface area contributed by atoms with Crippen LogP contribution >= 0.6 is 34.5 Å². The number of anilines is 2. The Morgan fingerprint density at radius 2 is 2.18 bits per heavy atom. The fraction of sp³-hybridized carbons (Fsp3) is 0.333. The minimum Gasteiger partial charge on any atom is -0.341 e. The lowest BCUT2D eigenvalue weighted by atomic mass is 9.81. The summed E-state index contributed by atoms with van der Waals surface area (Å²) >= 11 is 13.3. The molecule has 0 bridgehead atoms. The van der Waals surface area contributed by atoms with Gasteiger partial charge in [0.15, 0.2) is 5.13 Å². The number of aromatic nitrogens is 1. The molecule has 3 amide bonds. The molecule has 10 heteroatoms. The van der Waals surface area contributed by atoms with Crippen LogP contribution in [-0.2, 0) is 10.2 Å². The van der Waals surface area contributed by atoms with Gasteiger partial charge >= 0.3 is 6.03 Å². The van der Waals surface area contributed by atoms with Crippen LogP contribution in [0.2, 0.25) is 9.36 Å². The minimum absolute atomic E-state index is 0.145. The monoisotopic (exact) mass is 435 g/mol. The molecule has 0 saturated carbocycles. The number of rotatable bonds is 2. The van der Waals surface area contributed by atoms with Crippen LogP contribution in [0.4, 0.5) is 15.6 Å². The van der Waals surface area contributed by atoms with Gasteiger partial charge in [0.25, 0.3) is 0 Å². The number of nitrogens with one attached hydrogen (secondary N) is 1. The molecule has 1 N–H and O–H groups in total. The Labute approximate surface area is 175 Å². The first-order valence-corrected chi connectivity index (χ1v) is 10.1. The maximum absolute atomic E-state index is 12.9. The lowest BCUT2D eigenvalue weighted by Crippen LogP contribution is -2.41. The van der Waals surface area contributed by atoms with Crippen molar-refractivity contribution in [2.75, 3.05) is 29.9 Å². The van der Waals surface area contributed by atoms with Gasteiger partial charge in [-0.25, -0.2) is 9.78 Å². The zero-order valence-corrected chi connectivity index (χ0v) is 16.9. The maximum Gasteiger partial charge on any atom is 0.328 e. The molecule has 1 saturated heterocycles. The smallest absolute Gasteiger partial charge is 0.328 e. The van der Waals surface area contributed by atoms with Crippen molar-refractivity contribution in [3.63, 3.8) is 0 Å². The Morgan fingerprint density at radius 3 is 2.89 bits per heavy atom. The molecular weight excluding hydrogens is 421 g/mol. The van der Waals surface area contributed by atoms with E-state index in [1.807, 2.05) is 18.2 Å². The van der Waals surface area contributed by atoms with E-state index in [0.29, 0.717) is 40.5 Å². The number of carbonyl (C=O) groups excluding carboxylic acids is 2. The first-order chi connectivity index (χ1) is 13.4. The summed E-state index contributed by atoms with van der Waals surface area (Å²) in [6.45, 7) is 1.42. The largest absolute Gasteiger partial charge is 0.341 e. The summed E-state index contributed by atoms with van der Waals surface area (Å²) in [5, 5.41) is 12.6. The Kier molecular flexibility index (Phi) is 4.91. The van der Waals surface area contributed by atoms with E-state index in [1.165, 1.54) is 17.5 Å². The number of amides is 3. The zero-order valence-electron chi connectivity index (χ0n) is 14.6. The molecule has 1 spiro atoms. The van der Waals surface area contributed by atoms with Crippen molar-refractivity contribution in [2.45, 2.75) is 18.3 Å². The fourth-order valence-electron chi connectivity index (χ4n) is 3.91. The van der Waals surface area contributed by atoms with Crippen molar-refractivity contribution < 1.29 is 9.59 Å². The van der Waals surface area contributed by atoms with Gasteiger partial charge in [0, 0.05) is 35.8 Å². The molecule has 28 heavy (non-hydrogen) atoms. The van der Waals surface area contributed by atoms with Crippen molar-refractivity contribution in [3.05, 3.63) is 39.3 Å². The number of thiazole rings is 1.